The van der Waals surface area contributed by atoms with Gasteiger partial charge in [0.2, 0.25) is 0 Å². The van der Waals surface area contributed by atoms with Crippen LogP contribution in [0.5, 0.6) is 0 Å². The quantitative estimate of drug-likeness (QED) is 0.797. The Kier molecular flexibility index (Phi) is 3.47. The fraction of sp³-hybridized carbons (Fsp3) is 0. The van der Waals surface area contributed by atoms with Gasteiger partial charge in [0.25, 0.3) is 10.0 Å². The number of rotatable bonds is 3. The van der Waals surface area contributed by atoms with E-state index in [1.165, 1.54) is 36.5 Å². The maximum Gasteiger partial charge on any atom is 0.299 e. The maximum absolute atomic E-state index is 12.7. The van der Waals surface area contributed by atoms with E-state index in [1.807, 2.05) is 0 Å². The predicted octanol–water partition coefficient (Wildman–Crippen LogP) is 2.03. The average molecular weight is 264 g/mol. The van der Waals surface area contributed by atoms with Crippen molar-refractivity contribution in [1.29, 1.82) is 0 Å². The van der Waals surface area contributed by atoms with Crippen LogP contribution in [0.15, 0.2) is 58.1 Å². The molecule has 0 amide bonds. The van der Waals surface area contributed by atoms with Crippen LogP contribution in [0, 0.1) is 5.82 Å². The summed E-state index contributed by atoms with van der Waals surface area (Å²) in [6, 6.07) is 9.87. The van der Waals surface area contributed by atoms with E-state index in [4.69, 9.17) is 0 Å². The van der Waals surface area contributed by atoms with Gasteiger partial charge in [-0.2, -0.15) is 12.8 Å². The molecule has 1 aromatic heterocycles. The summed E-state index contributed by atoms with van der Waals surface area (Å²) in [5, 5.41) is -0.122. The summed E-state index contributed by atoms with van der Waals surface area (Å²) in [5.41, 5.74) is 0.496. The summed E-state index contributed by atoms with van der Waals surface area (Å²) in [7, 11) is -3.80. The molecule has 0 unspecified atom stereocenters. The number of pyridine rings is 1. The summed E-state index contributed by atoms with van der Waals surface area (Å²) in [6.45, 7) is 0. The predicted molar refractivity (Wildman–Crippen MR) is 65.4 cm³/mol. The molecule has 0 saturated heterocycles. The first kappa shape index (κ1) is 12.4. The van der Waals surface area contributed by atoms with Crippen LogP contribution in [0.25, 0.3) is 0 Å². The normalized spacial score (nSPS) is 11.8. The lowest BCUT2D eigenvalue weighted by Gasteiger charge is -1.96. The van der Waals surface area contributed by atoms with E-state index in [-0.39, 0.29) is 10.8 Å². The zero-order chi connectivity index (χ0) is 13.0. The van der Waals surface area contributed by atoms with Crippen LogP contribution >= 0.6 is 0 Å². The van der Waals surface area contributed by atoms with Gasteiger partial charge in [-0.1, -0.05) is 18.2 Å². The highest BCUT2D eigenvalue weighted by molar-refractivity contribution is 7.90. The van der Waals surface area contributed by atoms with Gasteiger partial charge in [-0.05, 0) is 29.8 Å². The number of benzene rings is 1. The summed E-state index contributed by atoms with van der Waals surface area (Å²) < 4.78 is 39.6. The zero-order valence-electron chi connectivity index (χ0n) is 9.19. The van der Waals surface area contributed by atoms with E-state index in [9.17, 15) is 12.8 Å². The highest BCUT2D eigenvalue weighted by atomic mass is 32.2. The Labute approximate surface area is 104 Å². The van der Waals surface area contributed by atoms with Gasteiger partial charge < -0.3 is 0 Å². The van der Waals surface area contributed by atoms with E-state index < -0.39 is 10.0 Å². The minimum absolute atomic E-state index is 0.122. The third-order valence-electron chi connectivity index (χ3n) is 2.11. The van der Waals surface area contributed by atoms with Crippen LogP contribution in [0.4, 0.5) is 4.39 Å². The molecule has 1 aromatic carbocycles. The first-order valence-electron chi connectivity index (χ1n) is 5.05. The molecule has 0 spiro atoms. The monoisotopic (exact) mass is 264 g/mol. The van der Waals surface area contributed by atoms with Crippen molar-refractivity contribution >= 4 is 16.2 Å². The number of halogens is 1. The van der Waals surface area contributed by atoms with E-state index in [1.54, 1.807) is 12.1 Å². The Hall–Kier alpha value is -2.08. The lowest BCUT2D eigenvalue weighted by molar-refractivity contribution is 0.594. The second kappa shape index (κ2) is 5.05. The molecule has 0 atom stereocenters. The van der Waals surface area contributed by atoms with Crippen molar-refractivity contribution in [3.05, 3.63) is 60.0 Å². The molecular weight excluding hydrogens is 255 g/mol. The fourth-order valence-corrected chi connectivity index (χ4v) is 2.05. The molecule has 0 fully saturated rings. The SMILES string of the molecule is O=S(=O)(N=Cc1ccc(F)cc1)c1ccccn1. The number of hydrogen-bond donors (Lipinski definition) is 0. The van der Waals surface area contributed by atoms with Crippen molar-refractivity contribution in [3.8, 4) is 0 Å². The van der Waals surface area contributed by atoms with Gasteiger partial charge in [-0.25, -0.2) is 9.37 Å². The van der Waals surface area contributed by atoms with Crippen molar-refractivity contribution < 1.29 is 12.8 Å². The first-order valence-corrected chi connectivity index (χ1v) is 6.49. The average Bonchev–Trinajstić information content (AvgIpc) is 2.39. The van der Waals surface area contributed by atoms with Crippen LogP contribution in [0.3, 0.4) is 0 Å². The summed E-state index contributed by atoms with van der Waals surface area (Å²) >= 11 is 0. The molecule has 0 saturated carbocycles. The largest absolute Gasteiger partial charge is 0.299 e. The van der Waals surface area contributed by atoms with E-state index >= 15 is 0 Å². The molecule has 4 nitrogen and oxygen atoms in total. The number of sulfonamides is 1. The number of aromatic nitrogens is 1. The topological polar surface area (TPSA) is 59.4 Å². The molecule has 0 aliphatic carbocycles. The molecule has 18 heavy (non-hydrogen) atoms. The van der Waals surface area contributed by atoms with Crippen molar-refractivity contribution in [1.82, 2.24) is 4.98 Å². The summed E-state index contributed by atoms with van der Waals surface area (Å²) in [5.74, 6) is -0.389. The highest BCUT2D eigenvalue weighted by Gasteiger charge is 2.11. The minimum Gasteiger partial charge on any atom is -0.243 e. The zero-order valence-corrected chi connectivity index (χ0v) is 10.0. The summed E-state index contributed by atoms with van der Waals surface area (Å²) in [6.07, 6.45) is 2.53. The summed E-state index contributed by atoms with van der Waals surface area (Å²) in [4.78, 5) is 3.72. The number of nitrogens with zero attached hydrogens (tertiary/aromatic N) is 2. The fourth-order valence-electron chi connectivity index (χ4n) is 1.23. The van der Waals surface area contributed by atoms with Gasteiger partial charge >= 0.3 is 0 Å². The highest BCUT2D eigenvalue weighted by Crippen LogP contribution is 2.08. The van der Waals surface area contributed by atoms with Crippen LogP contribution < -0.4 is 0 Å². The lowest BCUT2D eigenvalue weighted by Crippen LogP contribution is -2.00. The molecule has 92 valence electrons. The molecule has 0 N–H and O–H groups in total. The van der Waals surface area contributed by atoms with Crippen molar-refractivity contribution in [2.24, 2.45) is 4.40 Å². The molecule has 6 heteroatoms. The van der Waals surface area contributed by atoms with E-state index in [0.717, 1.165) is 6.21 Å². The Bertz CT molecular complexity index is 652. The molecule has 0 aliphatic rings. The molecule has 1 heterocycles. The Morgan fingerprint density at radius 2 is 1.83 bits per heavy atom. The third-order valence-corrected chi connectivity index (χ3v) is 3.27. The Balaban J connectivity index is 2.26. The molecule has 2 rings (SSSR count). The molecular formula is C12H9FN2O2S. The van der Waals surface area contributed by atoms with Gasteiger partial charge in [-0.15, -0.1) is 0 Å². The van der Waals surface area contributed by atoms with Crippen molar-refractivity contribution in [3.63, 3.8) is 0 Å². The van der Waals surface area contributed by atoms with Crippen LogP contribution in [0.2, 0.25) is 0 Å². The standard InChI is InChI=1S/C12H9FN2O2S/c13-11-6-4-10(5-7-11)9-15-18(16,17)12-3-1-2-8-14-12/h1-9H. The van der Waals surface area contributed by atoms with Gasteiger partial charge in [0.15, 0.2) is 5.03 Å². The molecule has 2 aromatic rings. The van der Waals surface area contributed by atoms with Crippen LogP contribution in [0.1, 0.15) is 5.56 Å². The van der Waals surface area contributed by atoms with Crippen LogP contribution in [-0.4, -0.2) is 19.6 Å². The molecule has 0 aliphatic heterocycles. The number of hydrogen-bond acceptors (Lipinski definition) is 3. The van der Waals surface area contributed by atoms with Crippen molar-refractivity contribution in [2.75, 3.05) is 0 Å². The lowest BCUT2D eigenvalue weighted by atomic mass is 10.2. The van der Waals surface area contributed by atoms with Gasteiger partial charge in [-0.3, -0.25) is 0 Å². The van der Waals surface area contributed by atoms with Gasteiger partial charge in [0.1, 0.15) is 5.82 Å². The van der Waals surface area contributed by atoms with Gasteiger partial charge in [0, 0.05) is 12.4 Å². The van der Waals surface area contributed by atoms with Crippen molar-refractivity contribution in [2.45, 2.75) is 5.03 Å². The first-order chi connectivity index (χ1) is 8.58. The van der Waals surface area contributed by atoms with E-state index in [0.29, 0.717) is 5.56 Å². The maximum atomic E-state index is 12.7. The Morgan fingerprint density at radius 3 is 2.44 bits per heavy atom. The van der Waals surface area contributed by atoms with Crippen LogP contribution in [-0.2, 0) is 10.0 Å². The smallest absolute Gasteiger partial charge is 0.243 e. The second-order valence-electron chi connectivity index (χ2n) is 3.43. The second-order valence-corrected chi connectivity index (χ2v) is 5.01. The van der Waals surface area contributed by atoms with E-state index in [2.05, 4.69) is 9.38 Å². The molecule has 0 bridgehead atoms. The third kappa shape index (κ3) is 2.98. The minimum atomic E-state index is -3.80. The molecule has 0 radical (unpaired) electrons. The van der Waals surface area contributed by atoms with Gasteiger partial charge in [0.05, 0.1) is 0 Å². The Morgan fingerprint density at radius 1 is 1.11 bits per heavy atom.